The molecule has 0 radical (unpaired) electrons. The van der Waals surface area contributed by atoms with Gasteiger partial charge in [-0.2, -0.15) is 0 Å². The van der Waals surface area contributed by atoms with Gasteiger partial charge >= 0.3 is 5.97 Å². The molecule has 2 N–H and O–H groups in total. The first-order valence-corrected chi connectivity index (χ1v) is 6.37. The van der Waals surface area contributed by atoms with E-state index in [1.54, 1.807) is 24.3 Å². The third kappa shape index (κ3) is 3.03. The maximum absolute atomic E-state index is 13.7. The summed E-state index contributed by atoms with van der Waals surface area (Å²) in [5.74, 6) is -2.68. The van der Waals surface area contributed by atoms with Crippen LogP contribution in [-0.2, 0) is 0 Å². The van der Waals surface area contributed by atoms with E-state index in [0.717, 1.165) is 10.5 Å². The van der Waals surface area contributed by atoms with Gasteiger partial charge in [-0.1, -0.05) is 22.0 Å². The number of hydrogen-bond donors (Lipinski definition) is 2. The Morgan fingerprint density at radius 1 is 1.10 bits per heavy atom. The summed E-state index contributed by atoms with van der Waals surface area (Å²) in [6.07, 6.45) is 0. The standard InChI is InChI=1S/C14H9BrFNO3/c15-9-6-4-8(5-7-9)13(18)17-12-10(14(19)20)2-1-3-11(12)16/h1-7H,(H,17,18)(H,19,20). The molecule has 20 heavy (non-hydrogen) atoms. The van der Waals surface area contributed by atoms with Gasteiger partial charge in [0.05, 0.1) is 11.3 Å². The van der Waals surface area contributed by atoms with Gasteiger partial charge in [0.25, 0.3) is 5.91 Å². The third-order valence-corrected chi connectivity index (χ3v) is 3.12. The molecule has 4 nitrogen and oxygen atoms in total. The summed E-state index contributed by atoms with van der Waals surface area (Å²) < 4.78 is 14.5. The zero-order valence-corrected chi connectivity index (χ0v) is 11.6. The number of amides is 1. The lowest BCUT2D eigenvalue weighted by molar-refractivity contribution is 0.0697. The molecule has 0 spiro atoms. The summed E-state index contributed by atoms with van der Waals surface area (Å²) in [6, 6.07) is 9.99. The van der Waals surface area contributed by atoms with Gasteiger partial charge in [0.1, 0.15) is 5.82 Å². The molecule has 102 valence electrons. The Morgan fingerprint density at radius 3 is 2.35 bits per heavy atom. The predicted molar refractivity (Wildman–Crippen MR) is 75.5 cm³/mol. The van der Waals surface area contributed by atoms with Gasteiger partial charge in [0.15, 0.2) is 0 Å². The molecule has 0 heterocycles. The topological polar surface area (TPSA) is 66.4 Å². The molecule has 0 unspecified atom stereocenters. The van der Waals surface area contributed by atoms with Crippen LogP contribution in [0.1, 0.15) is 20.7 Å². The van der Waals surface area contributed by atoms with Crippen LogP contribution in [0.15, 0.2) is 46.9 Å². The summed E-state index contributed by atoms with van der Waals surface area (Å²) in [7, 11) is 0. The second-order valence-electron chi connectivity index (χ2n) is 3.93. The maximum Gasteiger partial charge on any atom is 0.337 e. The smallest absolute Gasteiger partial charge is 0.337 e. The van der Waals surface area contributed by atoms with Crippen molar-refractivity contribution in [2.45, 2.75) is 0 Å². The molecule has 2 aromatic carbocycles. The predicted octanol–water partition coefficient (Wildman–Crippen LogP) is 3.54. The Morgan fingerprint density at radius 2 is 1.75 bits per heavy atom. The van der Waals surface area contributed by atoms with Gasteiger partial charge < -0.3 is 10.4 Å². The van der Waals surface area contributed by atoms with Crippen molar-refractivity contribution >= 4 is 33.5 Å². The Labute approximate surface area is 122 Å². The van der Waals surface area contributed by atoms with Crippen molar-refractivity contribution in [2.75, 3.05) is 5.32 Å². The molecule has 0 aromatic heterocycles. The number of rotatable bonds is 3. The number of aromatic carboxylic acids is 1. The number of carboxylic acids is 1. The molecule has 0 saturated heterocycles. The van der Waals surface area contributed by atoms with Crippen LogP contribution in [0.5, 0.6) is 0 Å². The van der Waals surface area contributed by atoms with Crippen LogP contribution in [0.4, 0.5) is 10.1 Å². The number of nitrogens with one attached hydrogen (secondary N) is 1. The van der Waals surface area contributed by atoms with Crippen LogP contribution >= 0.6 is 15.9 Å². The zero-order chi connectivity index (χ0) is 14.7. The van der Waals surface area contributed by atoms with E-state index < -0.39 is 17.7 Å². The number of carboxylic acid groups (broad SMARTS) is 1. The molecular weight excluding hydrogens is 329 g/mol. The molecule has 6 heteroatoms. The van der Waals surface area contributed by atoms with Gasteiger partial charge in [0.2, 0.25) is 0 Å². The molecule has 0 fully saturated rings. The molecule has 0 atom stereocenters. The van der Waals surface area contributed by atoms with Crippen LogP contribution in [0, 0.1) is 5.82 Å². The highest BCUT2D eigenvalue weighted by molar-refractivity contribution is 9.10. The van der Waals surface area contributed by atoms with Crippen molar-refractivity contribution in [3.63, 3.8) is 0 Å². The van der Waals surface area contributed by atoms with Crippen molar-refractivity contribution in [3.8, 4) is 0 Å². The van der Waals surface area contributed by atoms with Gasteiger partial charge in [-0.3, -0.25) is 4.79 Å². The van der Waals surface area contributed by atoms with Crippen LogP contribution in [-0.4, -0.2) is 17.0 Å². The Hall–Kier alpha value is -2.21. The largest absolute Gasteiger partial charge is 0.478 e. The molecule has 1 amide bonds. The van der Waals surface area contributed by atoms with E-state index in [4.69, 9.17) is 5.11 Å². The second-order valence-corrected chi connectivity index (χ2v) is 4.84. The van der Waals surface area contributed by atoms with E-state index in [1.165, 1.54) is 12.1 Å². The zero-order valence-electron chi connectivity index (χ0n) is 10.1. The van der Waals surface area contributed by atoms with Gasteiger partial charge in [-0.15, -0.1) is 0 Å². The van der Waals surface area contributed by atoms with Crippen molar-refractivity contribution in [2.24, 2.45) is 0 Å². The quantitative estimate of drug-likeness (QED) is 0.900. The summed E-state index contributed by atoms with van der Waals surface area (Å²) in [6.45, 7) is 0. The monoisotopic (exact) mass is 337 g/mol. The van der Waals surface area contributed by atoms with Crippen molar-refractivity contribution in [3.05, 3.63) is 63.9 Å². The summed E-state index contributed by atoms with van der Waals surface area (Å²) >= 11 is 3.23. The van der Waals surface area contributed by atoms with E-state index in [2.05, 4.69) is 21.2 Å². The average Bonchev–Trinajstić information content (AvgIpc) is 2.41. The molecule has 0 bridgehead atoms. The van der Waals surface area contributed by atoms with E-state index >= 15 is 0 Å². The SMILES string of the molecule is O=C(Nc1c(F)cccc1C(=O)O)c1ccc(Br)cc1. The highest BCUT2D eigenvalue weighted by Crippen LogP contribution is 2.21. The third-order valence-electron chi connectivity index (χ3n) is 2.59. The van der Waals surface area contributed by atoms with Crippen molar-refractivity contribution < 1.29 is 19.1 Å². The molecule has 0 saturated carbocycles. The van der Waals surface area contributed by atoms with E-state index in [1.807, 2.05) is 0 Å². The Balaban J connectivity index is 2.32. The lowest BCUT2D eigenvalue weighted by Crippen LogP contribution is -2.16. The maximum atomic E-state index is 13.7. The van der Waals surface area contributed by atoms with Crippen molar-refractivity contribution in [1.82, 2.24) is 0 Å². The first-order valence-electron chi connectivity index (χ1n) is 5.58. The highest BCUT2D eigenvalue weighted by Gasteiger charge is 2.17. The fourth-order valence-electron chi connectivity index (χ4n) is 1.62. The first kappa shape index (κ1) is 14.2. The second kappa shape index (κ2) is 5.83. The van der Waals surface area contributed by atoms with E-state index in [-0.39, 0.29) is 11.3 Å². The lowest BCUT2D eigenvalue weighted by atomic mass is 10.1. The van der Waals surface area contributed by atoms with E-state index in [0.29, 0.717) is 5.56 Å². The fourth-order valence-corrected chi connectivity index (χ4v) is 1.88. The number of halogens is 2. The minimum absolute atomic E-state index is 0.296. The summed E-state index contributed by atoms with van der Waals surface area (Å²) in [5, 5.41) is 11.3. The van der Waals surface area contributed by atoms with Gasteiger partial charge in [0, 0.05) is 10.0 Å². The lowest BCUT2D eigenvalue weighted by Gasteiger charge is -2.09. The van der Waals surface area contributed by atoms with Gasteiger partial charge in [-0.25, -0.2) is 9.18 Å². The normalized spacial score (nSPS) is 10.1. The minimum Gasteiger partial charge on any atom is -0.478 e. The first-order chi connectivity index (χ1) is 9.49. The molecular formula is C14H9BrFNO3. The average molecular weight is 338 g/mol. The van der Waals surface area contributed by atoms with Crippen LogP contribution in [0.3, 0.4) is 0 Å². The number of anilines is 1. The molecule has 0 aliphatic rings. The van der Waals surface area contributed by atoms with Gasteiger partial charge in [-0.05, 0) is 36.4 Å². The van der Waals surface area contributed by atoms with Crippen LogP contribution < -0.4 is 5.32 Å². The number of benzene rings is 2. The number of para-hydroxylation sites is 1. The Bertz CT molecular complexity index is 671. The highest BCUT2D eigenvalue weighted by atomic mass is 79.9. The molecule has 0 aliphatic carbocycles. The number of carbonyl (C=O) groups is 2. The summed E-state index contributed by atoms with van der Waals surface area (Å²) in [4.78, 5) is 23.0. The molecule has 0 aliphatic heterocycles. The summed E-state index contributed by atoms with van der Waals surface area (Å²) in [5.41, 5.74) is -0.337. The number of carbonyl (C=O) groups excluding carboxylic acids is 1. The minimum atomic E-state index is -1.31. The fraction of sp³-hybridized carbons (Fsp3) is 0. The molecule has 2 aromatic rings. The van der Waals surface area contributed by atoms with Crippen molar-refractivity contribution in [1.29, 1.82) is 0 Å². The Kier molecular flexibility index (Phi) is 4.14. The van der Waals surface area contributed by atoms with Crippen LogP contribution in [0.2, 0.25) is 0 Å². The molecule has 2 rings (SSSR count). The van der Waals surface area contributed by atoms with Crippen LogP contribution in [0.25, 0.3) is 0 Å². The van der Waals surface area contributed by atoms with E-state index in [9.17, 15) is 14.0 Å². The number of hydrogen-bond acceptors (Lipinski definition) is 2.